The first-order valence-corrected chi connectivity index (χ1v) is 8.85. The van der Waals surface area contributed by atoms with Gasteiger partial charge in [0, 0.05) is 25.0 Å². The molecule has 1 saturated heterocycles. The van der Waals surface area contributed by atoms with Crippen LogP contribution in [0.25, 0.3) is 0 Å². The van der Waals surface area contributed by atoms with Crippen molar-refractivity contribution < 1.29 is 9.53 Å². The molecule has 5 heteroatoms. The molecule has 0 spiro atoms. The van der Waals surface area contributed by atoms with E-state index in [2.05, 4.69) is 27.7 Å². The van der Waals surface area contributed by atoms with Gasteiger partial charge in [-0.1, -0.05) is 42.5 Å². The minimum absolute atomic E-state index is 0.135. The van der Waals surface area contributed by atoms with Crippen LogP contribution in [0, 0.1) is 0 Å². The van der Waals surface area contributed by atoms with Gasteiger partial charge in [0.05, 0.1) is 24.6 Å². The van der Waals surface area contributed by atoms with Gasteiger partial charge in [0.15, 0.2) is 0 Å². The Bertz CT molecular complexity index is 729. The minimum atomic E-state index is -0.135. The Labute approximate surface area is 148 Å². The van der Waals surface area contributed by atoms with Crippen LogP contribution in [-0.2, 0) is 4.74 Å². The molecule has 0 radical (unpaired) electrons. The molecule has 2 aromatic carbocycles. The van der Waals surface area contributed by atoms with Crippen LogP contribution in [-0.4, -0.2) is 38.4 Å². The predicted octanol–water partition coefficient (Wildman–Crippen LogP) is 3.20. The summed E-state index contributed by atoms with van der Waals surface area (Å²) in [5, 5.41) is 6.11. The van der Waals surface area contributed by atoms with Gasteiger partial charge >= 0.3 is 6.03 Å². The van der Waals surface area contributed by atoms with Gasteiger partial charge < -0.3 is 20.3 Å². The summed E-state index contributed by atoms with van der Waals surface area (Å²) in [4.78, 5) is 14.7. The van der Waals surface area contributed by atoms with Crippen molar-refractivity contribution in [3.05, 3.63) is 60.2 Å². The number of carbonyl (C=O) groups excluding carboxylic acids is 1. The molecule has 1 heterocycles. The highest BCUT2D eigenvalue weighted by Gasteiger charge is 2.39. The van der Waals surface area contributed by atoms with Crippen LogP contribution < -0.4 is 15.5 Å². The summed E-state index contributed by atoms with van der Waals surface area (Å²) < 4.78 is 5.42. The fourth-order valence-electron chi connectivity index (χ4n) is 3.41. The smallest absolute Gasteiger partial charge is 0.319 e. The van der Waals surface area contributed by atoms with E-state index in [1.165, 1.54) is 5.56 Å². The fourth-order valence-corrected chi connectivity index (χ4v) is 3.41. The number of ether oxygens (including phenoxy) is 1. The molecule has 4 rings (SSSR count). The molecule has 0 unspecified atom stereocenters. The van der Waals surface area contributed by atoms with Crippen molar-refractivity contribution in [3.8, 4) is 0 Å². The van der Waals surface area contributed by atoms with Crippen LogP contribution >= 0.6 is 0 Å². The number of amides is 2. The lowest BCUT2D eigenvalue weighted by molar-refractivity contribution is 0.123. The third-order valence-corrected chi connectivity index (χ3v) is 4.84. The molecule has 2 atom stereocenters. The summed E-state index contributed by atoms with van der Waals surface area (Å²) in [5.41, 5.74) is 3.19. The van der Waals surface area contributed by atoms with Crippen LogP contribution in [0.2, 0.25) is 0 Å². The minimum Gasteiger partial charge on any atom is -0.378 e. The number of carbonyl (C=O) groups is 1. The summed E-state index contributed by atoms with van der Waals surface area (Å²) in [6.07, 6.45) is 1.00. The molecular weight excluding hydrogens is 314 g/mol. The number of urea groups is 1. The quantitative estimate of drug-likeness (QED) is 0.901. The van der Waals surface area contributed by atoms with E-state index in [0.717, 1.165) is 44.1 Å². The van der Waals surface area contributed by atoms with Gasteiger partial charge in [0.1, 0.15) is 0 Å². The number of morpholine rings is 1. The highest BCUT2D eigenvalue weighted by atomic mass is 16.5. The van der Waals surface area contributed by atoms with E-state index in [4.69, 9.17) is 4.74 Å². The maximum absolute atomic E-state index is 12.4. The molecule has 2 amide bonds. The molecule has 2 aliphatic rings. The normalized spacial score (nSPS) is 22.3. The Kier molecular flexibility index (Phi) is 4.57. The molecule has 2 N–H and O–H groups in total. The SMILES string of the molecule is O=C(Nc1ccccc1N1CCOCC1)N[C@@H]1C[C@@H]1c1ccccc1. The number of anilines is 2. The first-order valence-electron chi connectivity index (χ1n) is 8.85. The van der Waals surface area contributed by atoms with Gasteiger partial charge in [-0.3, -0.25) is 0 Å². The maximum Gasteiger partial charge on any atom is 0.319 e. The standard InChI is InChI=1S/C20H23N3O2/c24-20(22-18-14-16(18)15-6-2-1-3-7-15)21-17-8-4-5-9-19(17)23-10-12-25-13-11-23/h1-9,16,18H,10-14H2,(H2,21,22,24)/t16-,18-/m1/s1. The largest absolute Gasteiger partial charge is 0.378 e. The van der Waals surface area contributed by atoms with Gasteiger partial charge in [0.25, 0.3) is 0 Å². The number of hydrogen-bond donors (Lipinski definition) is 2. The zero-order valence-corrected chi connectivity index (χ0v) is 14.2. The lowest BCUT2D eigenvalue weighted by Crippen LogP contribution is -2.37. The maximum atomic E-state index is 12.4. The molecule has 5 nitrogen and oxygen atoms in total. The summed E-state index contributed by atoms with van der Waals surface area (Å²) in [6, 6.07) is 18.4. The number of benzene rings is 2. The number of hydrogen-bond acceptors (Lipinski definition) is 3. The van der Waals surface area contributed by atoms with Gasteiger partial charge in [-0.05, 0) is 24.1 Å². The van der Waals surface area contributed by atoms with Gasteiger partial charge in [-0.25, -0.2) is 4.79 Å². The van der Waals surface area contributed by atoms with E-state index in [0.29, 0.717) is 5.92 Å². The van der Waals surface area contributed by atoms with Crippen LogP contribution in [0.4, 0.5) is 16.2 Å². The van der Waals surface area contributed by atoms with Gasteiger partial charge in [0.2, 0.25) is 0 Å². The fraction of sp³-hybridized carbons (Fsp3) is 0.350. The molecule has 0 aromatic heterocycles. The monoisotopic (exact) mass is 337 g/mol. The van der Waals surface area contributed by atoms with E-state index in [9.17, 15) is 4.79 Å². The topological polar surface area (TPSA) is 53.6 Å². The van der Waals surface area contributed by atoms with E-state index in [1.807, 2.05) is 42.5 Å². The first kappa shape index (κ1) is 16.0. The molecule has 2 aromatic rings. The lowest BCUT2D eigenvalue weighted by atomic mass is 10.1. The summed E-state index contributed by atoms with van der Waals surface area (Å²) in [6.45, 7) is 3.14. The highest BCUT2D eigenvalue weighted by Crippen LogP contribution is 2.40. The first-order chi connectivity index (χ1) is 12.3. The lowest BCUT2D eigenvalue weighted by Gasteiger charge is -2.30. The van der Waals surface area contributed by atoms with Gasteiger partial charge in [-0.2, -0.15) is 0 Å². The van der Waals surface area contributed by atoms with Gasteiger partial charge in [-0.15, -0.1) is 0 Å². The molecule has 0 bridgehead atoms. The Morgan fingerprint density at radius 3 is 2.52 bits per heavy atom. The second-order valence-electron chi connectivity index (χ2n) is 6.57. The molecule has 1 aliphatic heterocycles. The molecule has 25 heavy (non-hydrogen) atoms. The number of nitrogens with zero attached hydrogens (tertiary/aromatic N) is 1. The Morgan fingerprint density at radius 2 is 1.72 bits per heavy atom. The molecule has 2 fully saturated rings. The van der Waals surface area contributed by atoms with Crippen molar-refractivity contribution in [1.29, 1.82) is 0 Å². The number of rotatable bonds is 4. The van der Waals surface area contributed by atoms with Crippen molar-refractivity contribution in [3.63, 3.8) is 0 Å². The summed E-state index contributed by atoms with van der Waals surface area (Å²) in [7, 11) is 0. The highest BCUT2D eigenvalue weighted by molar-refractivity contribution is 5.93. The zero-order chi connectivity index (χ0) is 17.1. The molecule has 130 valence electrons. The summed E-state index contributed by atoms with van der Waals surface area (Å²) in [5.74, 6) is 0.432. The molecule has 1 aliphatic carbocycles. The van der Waals surface area contributed by atoms with E-state index < -0.39 is 0 Å². The van der Waals surface area contributed by atoms with E-state index in [1.54, 1.807) is 0 Å². The van der Waals surface area contributed by atoms with Crippen molar-refractivity contribution >= 4 is 17.4 Å². The molecular formula is C20H23N3O2. The van der Waals surface area contributed by atoms with Crippen LogP contribution in [0.5, 0.6) is 0 Å². The Hall–Kier alpha value is -2.53. The number of nitrogens with one attached hydrogen (secondary N) is 2. The van der Waals surface area contributed by atoms with Crippen molar-refractivity contribution in [2.45, 2.75) is 18.4 Å². The molecule has 1 saturated carbocycles. The Morgan fingerprint density at radius 1 is 1.00 bits per heavy atom. The second-order valence-corrected chi connectivity index (χ2v) is 6.57. The van der Waals surface area contributed by atoms with Crippen molar-refractivity contribution in [1.82, 2.24) is 5.32 Å². The third kappa shape index (κ3) is 3.77. The average Bonchev–Trinajstić information content (AvgIpc) is 3.42. The predicted molar refractivity (Wildman–Crippen MR) is 99.2 cm³/mol. The van der Waals surface area contributed by atoms with Crippen LogP contribution in [0.1, 0.15) is 17.9 Å². The van der Waals surface area contributed by atoms with E-state index >= 15 is 0 Å². The summed E-state index contributed by atoms with van der Waals surface area (Å²) >= 11 is 0. The van der Waals surface area contributed by atoms with Crippen molar-refractivity contribution in [2.24, 2.45) is 0 Å². The second kappa shape index (κ2) is 7.15. The van der Waals surface area contributed by atoms with E-state index in [-0.39, 0.29) is 12.1 Å². The third-order valence-electron chi connectivity index (χ3n) is 4.84. The van der Waals surface area contributed by atoms with Crippen LogP contribution in [0.15, 0.2) is 54.6 Å². The Balaban J connectivity index is 1.37. The average molecular weight is 337 g/mol. The number of para-hydroxylation sites is 2. The van der Waals surface area contributed by atoms with Crippen LogP contribution in [0.3, 0.4) is 0 Å². The zero-order valence-electron chi connectivity index (χ0n) is 14.2. The van der Waals surface area contributed by atoms with Crippen molar-refractivity contribution in [2.75, 3.05) is 36.5 Å².